The lowest BCUT2D eigenvalue weighted by Crippen LogP contribution is -2.52. The molecule has 6 nitrogen and oxygen atoms in total. The number of ether oxygens (including phenoxy) is 1. The van der Waals surface area contributed by atoms with Crippen molar-refractivity contribution >= 4 is 17.8 Å². The summed E-state index contributed by atoms with van der Waals surface area (Å²) >= 11 is 0. The summed E-state index contributed by atoms with van der Waals surface area (Å²) in [5.74, 6) is -1.30. The molecule has 0 aromatic heterocycles. The summed E-state index contributed by atoms with van der Waals surface area (Å²) < 4.78 is 5.50. The van der Waals surface area contributed by atoms with Crippen molar-refractivity contribution in [2.75, 3.05) is 0 Å². The molecule has 0 aliphatic heterocycles. The Morgan fingerprint density at radius 3 is 1.94 bits per heavy atom. The summed E-state index contributed by atoms with van der Waals surface area (Å²) in [5.41, 5.74) is 4.11. The fraction of sp³-hybridized carbons (Fsp3) is 0.276. The number of carbonyl (C=O) groups is 3. The van der Waals surface area contributed by atoms with Gasteiger partial charge in [0.15, 0.2) is 0 Å². The molecule has 0 saturated carbocycles. The Morgan fingerprint density at radius 1 is 0.800 bits per heavy atom. The molecule has 4 rings (SSSR count). The zero-order chi connectivity index (χ0) is 24.6. The number of hydrogen-bond donors (Lipinski definition) is 2. The van der Waals surface area contributed by atoms with E-state index in [0.717, 1.165) is 11.1 Å². The van der Waals surface area contributed by atoms with Crippen molar-refractivity contribution < 1.29 is 19.1 Å². The quantitative estimate of drug-likeness (QED) is 0.470. The van der Waals surface area contributed by atoms with E-state index in [0.29, 0.717) is 19.3 Å². The SMILES string of the molecule is C[C@H](NC(=O)C1Cc2ccccc2C1)C(=O)N[C@@H](Cc1ccccc1)C(=O)OCc1ccccc1. The Hall–Kier alpha value is -3.93. The van der Waals surface area contributed by atoms with Gasteiger partial charge in [-0.3, -0.25) is 9.59 Å². The molecule has 0 fully saturated rings. The van der Waals surface area contributed by atoms with Crippen LogP contribution in [0.4, 0.5) is 0 Å². The average molecular weight is 471 g/mol. The molecule has 0 radical (unpaired) electrons. The van der Waals surface area contributed by atoms with Gasteiger partial charge in [0, 0.05) is 12.3 Å². The first kappa shape index (κ1) is 24.2. The first-order chi connectivity index (χ1) is 17.0. The Morgan fingerprint density at radius 2 is 1.34 bits per heavy atom. The Labute approximate surface area is 205 Å². The molecule has 3 aromatic rings. The Kier molecular flexibility index (Phi) is 7.93. The molecule has 0 unspecified atom stereocenters. The number of benzene rings is 3. The highest BCUT2D eigenvalue weighted by atomic mass is 16.5. The molecule has 35 heavy (non-hydrogen) atoms. The van der Waals surface area contributed by atoms with Gasteiger partial charge >= 0.3 is 5.97 Å². The Bertz CT molecular complexity index is 1140. The normalized spacial score (nSPS) is 14.4. The molecule has 0 spiro atoms. The van der Waals surface area contributed by atoms with E-state index in [1.807, 2.05) is 84.9 Å². The zero-order valence-corrected chi connectivity index (χ0v) is 19.8. The number of esters is 1. The second-order valence-corrected chi connectivity index (χ2v) is 8.95. The van der Waals surface area contributed by atoms with E-state index in [4.69, 9.17) is 4.74 Å². The monoisotopic (exact) mass is 470 g/mol. The Balaban J connectivity index is 1.36. The molecule has 1 aliphatic carbocycles. The van der Waals surface area contributed by atoms with Crippen molar-refractivity contribution in [1.29, 1.82) is 0 Å². The van der Waals surface area contributed by atoms with Gasteiger partial charge in [0.2, 0.25) is 11.8 Å². The summed E-state index contributed by atoms with van der Waals surface area (Å²) in [7, 11) is 0. The summed E-state index contributed by atoms with van der Waals surface area (Å²) in [5, 5.41) is 5.61. The number of carbonyl (C=O) groups excluding carboxylic acids is 3. The topological polar surface area (TPSA) is 84.5 Å². The summed E-state index contributed by atoms with van der Waals surface area (Å²) in [4.78, 5) is 38.7. The maximum absolute atomic E-state index is 13.0. The maximum Gasteiger partial charge on any atom is 0.329 e. The van der Waals surface area contributed by atoms with Crippen LogP contribution in [0, 0.1) is 5.92 Å². The minimum Gasteiger partial charge on any atom is -0.459 e. The first-order valence-electron chi connectivity index (χ1n) is 11.9. The molecule has 3 aromatic carbocycles. The molecule has 0 heterocycles. The molecule has 180 valence electrons. The average Bonchev–Trinajstić information content (AvgIpc) is 3.33. The summed E-state index contributed by atoms with van der Waals surface area (Å²) in [6.07, 6.45) is 1.62. The highest BCUT2D eigenvalue weighted by Crippen LogP contribution is 2.26. The van der Waals surface area contributed by atoms with Gasteiger partial charge in [-0.1, -0.05) is 84.9 Å². The van der Waals surface area contributed by atoms with Gasteiger partial charge in [-0.05, 0) is 42.0 Å². The van der Waals surface area contributed by atoms with Crippen molar-refractivity contribution in [3.05, 3.63) is 107 Å². The van der Waals surface area contributed by atoms with Crippen LogP contribution in [0.25, 0.3) is 0 Å². The number of hydrogen-bond acceptors (Lipinski definition) is 4. The molecule has 2 atom stereocenters. The van der Waals surface area contributed by atoms with Gasteiger partial charge in [0.05, 0.1) is 0 Å². The minimum atomic E-state index is -0.872. The molecule has 2 amide bonds. The van der Waals surface area contributed by atoms with Crippen LogP contribution in [0.2, 0.25) is 0 Å². The van der Waals surface area contributed by atoms with Gasteiger partial charge in [-0.2, -0.15) is 0 Å². The van der Waals surface area contributed by atoms with E-state index < -0.39 is 24.0 Å². The number of amides is 2. The highest BCUT2D eigenvalue weighted by molar-refractivity contribution is 5.91. The van der Waals surface area contributed by atoms with Crippen molar-refractivity contribution in [3.63, 3.8) is 0 Å². The maximum atomic E-state index is 13.0. The lowest BCUT2D eigenvalue weighted by atomic mass is 10.0. The first-order valence-corrected chi connectivity index (χ1v) is 11.9. The van der Waals surface area contributed by atoms with Crippen molar-refractivity contribution in [2.45, 2.75) is 44.9 Å². The minimum absolute atomic E-state index is 0.120. The van der Waals surface area contributed by atoms with E-state index >= 15 is 0 Å². The zero-order valence-electron chi connectivity index (χ0n) is 19.8. The van der Waals surface area contributed by atoms with Crippen molar-refractivity contribution in [3.8, 4) is 0 Å². The lowest BCUT2D eigenvalue weighted by molar-refractivity contribution is -0.149. The van der Waals surface area contributed by atoms with Crippen LogP contribution < -0.4 is 10.6 Å². The third kappa shape index (κ3) is 6.57. The van der Waals surface area contributed by atoms with Crippen LogP contribution in [0.3, 0.4) is 0 Å². The second-order valence-electron chi connectivity index (χ2n) is 8.95. The van der Waals surface area contributed by atoms with E-state index in [1.54, 1.807) is 6.92 Å². The van der Waals surface area contributed by atoms with E-state index in [2.05, 4.69) is 10.6 Å². The predicted octanol–water partition coefficient (Wildman–Crippen LogP) is 3.38. The third-order valence-electron chi connectivity index (χ3n) is 6.28. The van der Waals surface area contributed by atoms with Crippen LogP contribution in [0.15, 0.2) is 84.9 Å². The fourth-order valence-electron chi connectivity index (χ4n) is 4.31. The van der Waals surface area contributed by atoms with Gasteiger partial charge < -0.3 is 15.4 Å². The largest absolute Gasteiger partial charge is 0.459 e. The van der Waals surface area contributed by atoms with Crippen LogP contribution in [-0.4, -0.2) is 29.9 Å². The van der Waals surface area contributed by atoms with E-state index in [1.165, 1.54) is 11.1 Å². The van der Waals surface area contributed by atoms with Gasteiger partial charge in [-0.15, -0.1) is 0 Å². The van der Waals surface area contributed by atoms with E-state index in [9.17, 15) is 14.4 Å². The van der Waals surface area contributed by atoms with Gasteiger partial charge in [-0.25, -0.2) is 4.79 Å². The molecule has 6 heteroatoms. The molecule has 0 bridgehead atoms. The van der Waals surface area contributed by atoms with Gasteiger partial charge in [0.25, 0.3) is 0 Å². The van der Waals surface area contributed by atoms with Crippen LogP contribution in [0.5, 0.6) is 0 Å². The second kappa shape index (κ2) is 11.5. The molecule has 2 N–H and O–H groups in total. The standard InChI is InChI=1S/C29H30N2O4/c1-20(30-28(33)25-17-23-14-8-9-15-24(23)18-25)27(32)31-26(16-21-10-4-2-5-11-21)29(34)35-19-22-12-6-3-7-13-22/h2-15,20,25-26H,16-19H2,1H3,(H,30,33)(H,31,32)/t20-,26-/m0/s1. The van der Waals surface area contributed by atoms with Crippen molar-refractivity contribution in [1.82, 2.24) is 10.6 Å². The molecular weight excluding hydrogens is 440 g/mol. The number of rotatable bonds is 9. The van der Waals surface area contributed by atoms with Crippen molar-refractivity contribution in [2.24, 2.45) is 5.92 Å². The van der Waals surface area contributed by atoms with Crippen LogP contribution in [0.1, 0.15) is 29.2 Å². The van der Waals surface area contributed by atoms with E-state index in [-0.39, 0.29) is 18.4 Å². The third-order valence-corrected chi connectivity index (χ3v) is 6.28. The van der Waals surface area contributed by atoms with Crippen LogP contribution in [-0.2, 0) is 45.0 Å². The number of fused-ring (bicyclic) bond motifs is 1. The molecule has 0 saturated heterocycles. The molecular formula is C29H30N2O4. The summed E-state index contributed by atoms with van der Waals surface area (Å²) in [6, 6.07) is 25.2. The smallest absolute Gasteiger partial charge is 0.329 e. The lowest BCUT2D eigenvalue weighted by Gasteiger charge is -2.22. The predicted molar refractivity (Wildman–Crippen MR) is 133 cm³/mol. The fourth-order valence-corrected chi connectivity index (χ4v) is 4.31. The number of nitrogens with one attached hydrogen (secondary N) is 2. The van der Waals surface area contributed by atoms with Crippen LogP contribution >= 0.6 is 0 Å². The highest BCUT2D eigenvalue weighted by Gasteiger charge is 2.30. The molecule has 1 aliphatic rings. The summed E-state index contributed by atoms with van der Waals surface area (Å²) in [6.45, 7) is 1.75. The van der Waals surface area contributed by atoms with Gasteiger partial charge in [0.1, 0.15) is 18.7 Å².